The van der Waals surface area contributed by atoms with Gasteiger partial charge in [0.05, 0.1) is 38.1 Å². The minimum Gasteiger partial charge on any atom is -0.497 e. The number of hydrogen-bond acceptors (Lipinski definition) is 7. The Morgan fingerprint density at radius 3 is 2.77 bits per heavy atom. The summed E-state index contributed by atoms with van der Waals surface area (Å²) in [4.78, 5) is 17.7. The van der Waals surface area contributed by atoms with Gasteiger partial charge in [-0.1, -0.05) is 23.9 Å². The molecule has 0 N–H and O–H groups in total. The average molecular weight is 390 g/mol. The lowest BCUT2D eigenvalue weighted by Crippen LogP contribution is -2.24. The molecule has 0 atom stereocenters. The summed E-state index contributed by atoms with van der Waals surface area (Å²) in [5, 5.41) is 2.57. The summed E-state index contributed by atoms with van der Waals surface area (Å²) in [5.41, 5.74) is 1.74. The minimum atomic E-state index is -0.246. The smallest absolute Gasteiger partial charge is 0.272 e. The maximum atomic E-state index is 13.0. The quantitative estimate of drug-likeness (QED) is 0.476. The third kappa shape index (κ3) is 3.64. The van der Waals surface area contributed by atoms with Crippen LogP contribution in [0.15, 0.2) is 45.7 Å². The molecule has 0 bridgehead atoms. The highest BCUT2D eigenvalue weighted by Gasteiger charge is 2.19. The molecular formula is C18H18N2O4S2. The van der Waals surface area contributed by atoms with Crippen molar-refractivity contribution in [2.24, 2.45) is 0 Å². The summed E-state index contributed by atoms with van der Waals surface area (Å²) in [6, 6.07) is 9.59. The lowest BCUT2D eigenvalue weighted by molar-refractivity contribution is -0.0215. The molecule has 136 valence electrons. The Bertz CT molecular complexity index is 946. The van der Waals surface area contributed by atoms with E-state index < -0.39 is 0 Å². The van der Waals surface area contributed by atoms with E-state index in [1.807, 2.05) is 35.7 Å². The number of benzene rings is 1. The monoisotopic (exact) mass is 390 g/mol. The Hall–Kier alpha value is -1.87. The first-order valence-electron chi connectivity index (χ1n) is 8.21. The number of methoxy groups -OCH3 is 1. The van der Waals surface area contributed by atoms with Crippen LogP contribution < -0.4 is 10.3 Å². The predicted molar refractivity (Wildman–Crippen MR) is 102 cm³/mol. The van der Waals surface area contributed by atoms with Gasteiger partial charge in [0.2, 0.25) is 0 Å². The molecule has 2 aromatic heterocycles. The molecule has 0 unspecified atom stereocenters. The Morgan fingerprint density at radius 1 is 1.27 bits per heavy atom. The highest BCUT2D eigenvalue weighted by Crippen LogP contribution is 2.24. The number of ether oxygens (including phenoxy) is 3. The molecule has 3 aromatic rings. The van der Waals surface area contributed by atoms with E-state index in [2.05, 4.69) is 4.98 Å². The van der Waals surface area contributed by atoms with Crippen LogP contribution in [-0.2, 0) is 16.0 Å². The van der Waals surface area contributed by atoms with Crippen molar-refractivity contribution < 1.29 is 14.2 Å². The maximum Gasteiger partial charge on any atom is 0.272 e. The highest BCUT2D eigenvalue weighted by molar-refractivity contribution is 7.99. The van der Waals surface area contributed by atoms with E-state index in [9.17, 15) is 4.79 Å². The molecule has 8 heteroatoms. The molecule has 0 saturated carbocycles. The zero-order chi connectivity index (χ0) is 17.9. The molecule has 3 heterocycles. The van der Waals surface area contributed by atoms with Crippen LogP contribution in [0.3, 0.4) is 0 Å². The molecule has 1 saturated heterocycles. The van der Waals surface area contributed by atoms with Gasteiger partial charge >= 0.3 is 0 Å². The van der Waals surface area contributed by atoms with E-state index >= 15 is 0 Å². The zero-order valence-corrected chi connectivity index (χ0v) is 15.8. The average Bonchev–Trinajstić information content (AvgIpc) is 3.35. The summed E-state index contributed by atoms with van der Waals surface area (Å²) in [6.45, 7) is 1.68. The Balaban J connectivity index is 1.66. The molecule has 26 heavy (non-hydrogen) atoms. The second-order valence-electron chi connectivity index (χ2n) is 5.75. The fourth-order valence-corrected chi connectivity index (χ4v) is 4.45. The number of aromatic nitrogens is 2. The second kappa shape index (κ2) is 7.79. The van der Waals surface area contributed by atoms with Gasteiger partial charge in [-0.25, -0.2) is 4.98 Å². The van der Waals surface area contributed by atoms with Gasteiger partial charge < -0.3 is 14.2 Å². The largest absolute Gasteiger partial charge is 0.497 e. The van der Waals surface area contributed by atoms with Crippen LogP contribution in [0.5, 0.6) is 5.75 Å². The highest BCUT2D eigenvalue weighted by atomic mass is 32.2. The summed E-state index contributed by atoms with van der Waals surface area (Å²) in [5.74, 6) is 1.39. The van der Waals surface area contributed by atoms with E-state index in [0.29, 0.717) is 35.4 Å². The Morgan fingerprint density at radius 2 is 2.04 bits per heavy atom. The van der Waals surface area contributed by atoms with Gasteiger partial charge in [0, 0.05) is 0 Å². The zero-order valence-electron chi connectivity index (χ0n) is 14.2. The summed E-state index contributed by atoms with van der Waals surface area (Å²) in [6.07, 6.45) is -0.246. The fourth-order valence-electron chi connectivity index (χ4n) is 2.73. The van der Waals surface area contributed by atoms with Crippen molar-refractivity contribution in [3.05, 3.63) is 51.6 Å². The number of thioether (sulfide) groups is 1. The van der Waals surface area contributed by atoms with E-state index in [1.165, 1.54) is 23.1 Å². The van der Waals surface area contributed by atoms with Gasteiger partial charge in [-0.05, 0) is 29.1 Å². The van der Waals surface area contributed by atoms with Crippen LogP contribution in [-0.4, -0.2) is 41.9 Å². The van der Waals surface area contributed by atoms with Crippen LogP contribution in [0, 0.1) is 0 Å². The molecule has 1 fully saturated rings. The van der Waals surface area contributed by atoms with E-state index in [4.69, 9.17) is 14.2 Å². The van der Waals surface area contributed by atoms with Crippen molar-refractivity contribution >= 4 is 33.3 Å². The van der Waals surface area contributed by atoms with Crippen molar-refractivity contribution in [1.82, 2.24) is 9.55 Å². The topological polar surface area (TPSA) is 62.6 Å². The number of nitrogens with zero attached hydrogens (tertiary/aromatic N) is 2. The molecule has 0 spiro atoms. The van der Waals surface area contributed by atoms with Crippen LogP contribution in [0.1, 0.15) is 5.56 Å². The molecule has 0 amide bonds. The molecular weight excluding hydrogens is 372 g/mol. The predicted octanol–water partition coefficient (Wildman–Crippen LogP) is 2.98. The van der Waals surface area contributed by atoms with E-state index in [-0.39, 0.29) is 11.8 Å². The first-order valence-corrected chi connectivity index (χ1v) is 10.1. The van der Waals surface area contributed by atoms with Crippen molar-refractivity contribution in [2.45, 2.75) is 18.0 Å². The first-order chi connectivity index (χ1) is 12.7. The van der Waals surface area contributed by atoms with Gasteiger partial charge in [0.1, 0.15) is 10.4 Å². The number of hydrogen-bond donors (Lipinski definition) is 0. The second-order valence-corrected chi connectivity index (χ2v) is 7.65. The van der Waals surface area contributed by atoms with Gasteiger partial charge in [0.15, 0.2) is 11.4 Å². The minimum absolute atomic E-state index is 0.0171. The number of fused-ring (bicyclic) bond motifs is 1. The van der Waals surface area contributed by atoms with Crippen LogP contribution in [0.4, 0.5) is 0 Å². The standard InChI is InChI=1S/C18H18N2O4S2/c1-22-13-4-2-12(3-5-13)10-20-17(21)16-14(6-9-25-16)19-18(20)26-11-15-23-7-8-24-15/h2-6,9,15H,7-8,10-11H2,1H3. The number of rotatable bonds is 6. The van der Waals surface area contributed by atoms with Crippen LogP contribution in [0.2, 0.25) is 0 Å². The lowest BCUT2D eigenvalue weighted by atomic mass is 10.2. The van der Waals surface area contributed by atoms with Gasteiger partial charge in [-0.15, -0.1) is 11.3 Å². The van der Waals surface area contributed by atoms with Crippen LogP contribution in [0.25, 0.3) is 10.2 Å². The normalized spacial score (nSPS) is 15.0. The Kier molecular flexibility index (Phi) is 5.26. The summed E-state index contributed by atoms with van der Waals surface area (Å²) >= 11 is 2.91. The van der Waals surface area contributed by atoms with Crippen molar-refractivity contribution in [3.63, 3.8) is 0 Å². The summed E-state index contributed by atoms with van der Waals surface area (Å²) < 4.78 is 18.6. The molecule has 4 rings (SSSR count). The van der Waals surface area contributed by atoms with Crippen LogP contribution >= 0.6 is 23.1 Å². The van der Waals surface area contributed by atoms with Crippen molar-refractivity contribution in [1.29, 1.82) is 0 Å². The summed E-state index contributed by atoms with van der Waals surface area (Å²) in [7, 11) is 1.63. The number of thiophene rings is 1. The Labute approximate surface area is 158 Å². The molecule has 1 aliphatic heterocycles. The van der Waals surface area contributed by atoms with Gasteiger partial charge in [-0.3, -0.25) is 9.36 Å². The SMILES string of the molecule is COc1ccc(Cn2c(SCC3OCCO3)nc3ccsc3c2=O)cc1. The van der Waals surface area contributed by atoms with Gasteiger partial charge in [0.25, 0.3) is 5.56 Å². The van der Waals surface area contributed by atoms with E-state index in [1.54, 1.807) is 11.7 Å². The van der Waals surface area contributed by atoms with Crippen molar-refractivity contribution in [2.75, 3.05) is 26.1 Å². The molecule has 1 aromatic carbocycles. The van der Waals surface area contributed by atoms with Gasteiger partial charge in [-0.2, -0.15) is 0 Å². The molecule has 1 aliphatic rings. The lowest BCUT2D eigenvalue weighted by Gasteiger charge is -2.14. The van der Waals surface area contributed by atoms with E-state index in [0.717, 1.165) is 16.8 Å². The molecule has 0 radical (unpaired) electrons. The molecule has 6 nitrogen and oxygen atoms in total. The third-order valence-electron chi connectivity index (χ3n) is 4.07. The maximum absolute atomic E-state index is 13.0. The first kappa shape index (κ1) is 17.5. The third-order valence-corrected chi connectivity index (χ3v) is 5.97. The molecule has 0 aliphatic carbocycles. The van der Waals surface area contributed by atoms with Crippen molar-refractivity contribution in [3.8, 4) is 5.75 Å². The fraction of sp³-hybridized carbons (Fsp3) is 0.333.